The van der Waals surface area contributed by atoms with Gasteiger partial charge in [-0.3, -0.25) is 14.4 Å². The molecular weight excluding hydrogens is 354 g/mol. The summed E-state index contributed by atoms with van der Waals surface area (Å²) in [5.41, 5.74) is 6.34. The highest BCUT2D eigenvalue weighted by Crippen LogP contribution is 2.29. The minimum atomic E-state index is -0.400. The predicted octanol–water partition coefficient (Wildman–Crippen LogP) is 2.32. The predicted molar refractivity (Wildman–Crippen MR) is 107 cm³/mol. The molecule has 6 heteroatoms. The third-order valence-electron chi connectivity index (χ3n) is 6.02. The molecule has 6 nitrogen and oxygen atoms in total. The number of carbonyl (C=O) groups excluding carboxylic acids is 3. The van der Waals surface area contributed by atoms with Crippen molar-refractivity contribution < 1.29 is 14.4 Å². The Morgan fingerprint density at radius 3 is 2.21 bits per heavy atom. The first-order valence-electron chi connectivity index (χ1n) is 10.4. The molecule has 2 fully saturated rings. The Labute approximate surface area is 167 Å². The number of piperidine rings is 1. The number of likely N-dealkylation sites (tertiary alicyclic amines) is 1. The normalized spacial score (nSPS) is 18.2. The van der Waals surface area contributed by atoms with Crippen molar-refractivity contribution >= 4 is 17.7 Å². The Morgan fingerprint density at radius 1 is 0.964 bits per heavy atom. The molecule has 152 valence electrons. The van der Waals surface area contributed by atoms with E-state index in [0.717, 1.165) is 31.2 Å². The lowest BCUT2D eigenvalue weighted by atomic mass is 9.93. The summed E-state index contributed by atoms with van der Waals surface area (Å²) in [6.45, 7) is 2.12. The highest BCUT2D eigenvalue weighted by molar-refractivity contribution is 5.82. The van der Waals surface area contributed by atoms with E-state index in [2.05, 4.69) is 0 Å². The van der Waals surface area contributed by atoms with Gasteiger partial charge in [-0.05, 0) is 31.2 Å². The van der Waals surface area contributed by atoms with Crippen LogP contribution in [0.1, 0.15) is 50.5 Å². The van der Waals surface area contributed by atoms with E-state index < -0.39 is 5.91 Å². The van der Waals surface area contributed by atoms with E-state index >= 15 is 0 Å². The van der Waals surface area contributed by atoms with Gasteiger partial charge in [0.2, 0.25) is 17.7 Å². The highest BCUT2D eigenvalue weighted by Gasteiger charge is 2.33. The molecule has 0 spiro atoms. The van der Waals surface area contributed by atoms with Crippen molar-refractivity contribution in [1.29, 1.82) is 0 Å². The van der Waals surface area contributed by atoms with Gasteiger partial charge in [0.05, 0.1) is 0 Å². The molecule has 0 bridgehead atoms. The lowest BCUT2D eigenvalue weighted by molar-refractivity contribution is -0.143. The van der Waals surface area contributed by atoms with Crippen LogP contribution in [0, 0.1) is 11.8 Å². The molecule has 1 aliphatic carbocycles. The van der Waals surface area contributed by atoms with Gasteiger partial charge in [0.25, 0.3) is 0 Å². The maximum absolute atomic E-state index is 13.1. The molecule has 28 heavy (non-hydrogen) atoms. The van der Waals surface area contributed by atoms with Crippen molar-refractivity contribution in [2.45, 2.75) is 51.5 Å². The average molecular weight is 386 g/mol. The summed E-state index contributed by atoms with van der Waals surface area (Å²) in [6, 6.07) is 9.79. The first kappa shape index (κ1) is 20.4. The highest BCUT2D eigenvalue weighted by atomic mass is 16.2. The Kier molecular flexibility index (Phi) is 7.06. The minimum Gasteiger partial charge on any atom is -0.370 e. The van der Waals surface area contributed by atoms with E-state index in [1.165, 1.54) is 0 Å². The number of primary amides is 1. The second-order valence-corrected chi connectivity index (χ2v) is 8.04. The standard InChI is InChI=1S/C22H31N3O3/c23-20(26)12-15-25(16-17-6-2-1-3-7-17)22(28)19-10-13-24(14-11-19)21(27)18-8-4-5-9-18/h1-3,6-7,18-19H,4-5,8-16H2,(H2,23,26). The number of hydrogen-bond acceptors (Lipinski definition) is 3. The molecule has 1 saturated carbocycles. The molecule has 0 atom stereocenters. The number of hydrogen-bond donors (Lipinski definition) is 1. The van der Waals surface area contributed by atoms with Crippen LogP contribution in [0.5, 0.6) is 0 Å². The summed E-state index contributed by atoms with van der Waals surface area (Å²) >= 11 is 0. The zero-order valence-electron chi connectivity index (χ0n) is 16.5. The van der Waals surface area contributed by atoms with Crippen molar-refractivity contribution in [2.24, 2.45) is 17.6 Å². The first-order valence-corrected chi connectivity index (χ1v) is 10.4. The fraction of sp³-hybridized carbons (Fsp3) is 0.591. The third kappa shape index (κ3) is 5.33. The van der Waals surface area contributed by atoms with Crippen LogP contribution in [0.15, 0.2) is 30.3 Å². The largest absolute Gasteiger partial charge is 0.370 e. The summed E-state index contributed by atoms with van der Waals surface area (Å²) in [5.74, 6) is 0.0424. The molecule has 1 saturated heterocycles. The maximum Gasteiger partial charge on any atom is 0.226 e. The number of carbonyl (C=O) groups is 3. The summed E-state index contributed by atoms with van der Waals surface area (Å²) in [5, 5.41) is 0. The van der Waals surface area contributed by atoms with Crippen LogP contribution < -0.4 is 5.73 Å². The molecule has 1 aromatic rings. The van der Waals surface area contributed by atoms with E-state index in [9.17, 15) is 14.4 Å². The van der Waals surface area contributed by atoms with Crippen LogP contribution in [-0.4, -0.2) is 47.2 Å². The zero-order chi connectivity index (χ0) is 19.9. The topological polar surface area (TPSA) is 83.7 Å². The molecule has 3 rings (SSSR count). The van der Waals surface area contributed by atoms with E-state index in [1.54, 1.807) is 4.90 Å². The summed E-state index contributed by atoms with van der Waals surface area (Å²) in [7, 11) is 0. The van der Waals surface area contributed by atoms with Crippen molar-refractivity contribution in [3.8, 4) is 0 Å². The van der Waals surface area contributed by atoms with E-state index in [0.29, 0.717) is 39.0 Å². The van der Waals surface area contributed by atoms with Gasteiger partial charge in [0.15, 0.2) is 0 Å². The quantitative estimate of drug-likeness (QED) is 0.782. The molecule has 0 unspecified atom stereocenters. The van der Waals surface area contributed by atoms with Crippen LogP contribution in [0.4, 0.5) is 0 Å². The van der Waals surface area contributed by atoms with Gasteiger partial charge >= 0.3 is 0 Å². The van der Waals surface area contributed by atoms with Crippen LogP contribution in [0.2, 0.25) is 0 Å². The van der Waals surface area contributed by atoms with Crippen LogP contribution in [-0.2, 0) is 20.9 Å². The second kappa shape index (κ2) is 9.71. The van der Waals surface area contributed by atoms with Gasteiger partial charge in [-0.25, -0.2) is 0 Å². The Morgan fingerprint density at radius 2 is 1.61 bits per heavy atom. The van der Waals surface area contributed by atoms with Gasteiger partial charge in [-0.1, -0.05) is 43.2 Å². The Hall–Kier alpha value is -2.37. The van der Waals surface area contributed by atoms with Gasteiger partial charge in [0, 0.05) is 44.4 Å². The van der Waals surface area contributed by atoms with Gasteiger partial charge < -0.3 is 15.5 Å². The second-order valence-electron chi connectivity index (χ2n) is 8.04. The molecule has 1 aromatic carbocycles. The van der Waals surface area contributed by atoms with Gasteiger partial charge in [0.1, 0.15) is 0 Å². The molecule has 0 radical (unpaired) electrons. The lowest BCUT2D eigenvalue weighted by Crippen LogP contribution is -2.46. The molecule has 2 N–H and O–H groups in total. The van der Waals surface area contributed by atoms with E-state index in [1.807, 2.05) is 35.2 Å². The number of amides is 3. The number of nitrogens with two attached hydrogens (primary N) is 1. The van der Waals surface area contributed by atoms with E-state index in [4.69, 9.17) is 5.73 Å². The summed E-state index contributed by atoms with van der Waals surface area (Å²) < 4.78 is 0. The number of benzene rings is 1. The summed E-state index contributed by atoms with van der Waals surface area (Å²) in [4.78, 5) is 40.7. The van der Waals surface area contributed by atoms with Crippen molar-refractivity contribution in [1.82, 2.24) is 9.80 Å². The number of nitrogens with zero attached hydrogens (tertiary/aromatic N) is 2. The fourth-order valence-electron chi connectivity index (χ4n) is 4.35. The Bertz CT molecular complexity index is 678. The summed E-state index contributed by atoms with van der Waals surface area (Å²) in [6.07, 6.45) is 5.88. The van der Waals surface area contributed by atoms with Crippen molar-refractivity contribution in [3.05, 3.63) is 35.9 Å². The monoisotopic (exact) mass is 385 g/mol. The molecule has 1 aliphatic heterocycles. The van der Waals surface area contributed by atoms with E-state index in [-0.39, 0.29) is 30.1 Å². The van der Waals surface area contributed by atoms with Crippen molar-refractivity contribution in [2.75, 3.05) is 19.6 Å². The third-order valence-corrected chi connectivity index (χ3v) is 6.02. The fourth-order valence-corrected chi connectivity index (χ4v) is 4.35. The first-order chi connectivity index (χ1) is 13.5. The molecule has 1 heterocycles. The molecular formula is C22H31N3O3. The lowest BCUT2D eigenvalue weighted by Gasteiger charge is -2.35. The van der Waals surface area contributed by atoms with Crippen LogP contribution in [0.25, 0.3) is 0 Å². The van der Waals surface area contributed by atoms with Crippen LogP contribution >= 0.6 is 0 Å². The number of rotatable bonds is 7. The average Bonchev–Trinajstić information content (AvgIpc) is 3.25. The minimum absolute atomic E-state index is 0.0677. The van der Waals surface area contributed by atoms with Crippen LogP contribution in [0.3, 0.4) is 0 Å². The maximum atomic E-state index is 13.1. The van der Waals surface area contributed by atoms with Gasteiger partial charge in [-0.2, -0.15) is 0 Å². The molecule has 2 aliphatic rings. The Balaban J connectivity index is 1.57. The molecule has 3 amide bonds. The van der Waals surface area contributed by atoms with Gasteiger partial charge in [-0.15, -0.1) is 0 Å². The molecule has 0 aromatic heterocycles. The SMILES string of the molecule is NC(=O)CCN(Cc1ccccc1)C(=O)C1CCN(C(=O)C2CCCC2)CC1. The zero-order valence-corrected chi connectivity index (χ0v) is 16.5. The smallest absolute Gasteiger partial charge is 0.226 e. The van der Waals surface area contributed by atoms with Crippen molar-refractivity contribution in [3.63, 3.8) is 0 Å².